The molecule has 33 heavy (non-hydrogen) atoms. The normalized spacial score (nSPS) is 17.8. The van der Waals surface area contributed by atoms with Crippen LogP contribution < -0.4 is 5.32 Å². The first-order valence-electron chi connectivity index (χ1n) is 11.3. The fourth-order valence-electron chi connectivity index (χ4n) is 4.66. The number of nitrogens with zero attached hydrogens (tertiary/aromatic N) is 2. The van der Waals surface area contributed by atoms with Crippen LogP contribution in [0.4, 0.5) is 0 Å². The second-order valence-corrected chi connectivity index (χ2v) is 9.68. The zero-order valence-electron chi connectivity index (χ0n) is 18.7. The summed E-state index contributed by atoms with van der Waals surface area (Å²) in [5, 5.41) is 6.18. The Balaban J connectivity index is 1.41. The maximum absolute atomic E-state index is 13.7. The molecule has 3 heterocycles. The molecule has 0 saturated carbocycles. The van der Waals surface area contributed by atoms with Crippen LogP contribution in [0.1, 0.15) is 35.0 Å². The summed E-state index contributed by atoms with van der Waals surface area (Å²) in [4.78, 5) is 30.1. The number of thiophene rings is 1. The Kier molecular flexibility index (Phi) is 5.77. The van der Waals surface area contributed by atoms with Gasteiger partial charge in [0.05, 0.1) is 6.54 Å². The topological polar surface area (TPSA) is 54.3 Å². The maximum atomic E-state index is 13.7. The first-order valence-corrected chi connectivity index (χ1v) is 12.2. The molecule has 4 aromatic rings. The largest absolute Gasteiger partial charge is 0.350 e. The number of amides is 2. The van der Waals surface area contributed by atoms with E-state index in [9.17, 15) is 9.59 Å². The number of carbonyl (C=O) groups is 2. The molecule has 0 unspecified atom stereocenters. The SMILES string of the molecule is C[C@]1(C(=O)NCc2ccccc2)Cn2c(cc3ccsc32)C(=O)N1CCCc1ccccc1. The van der Waals surface area contributed by atoms with Crippen molar-refractivity contribution in [1.29, 1.82) is 0 Å². The lowest BCUT2D eigenvalue weighted by atomic mass is 9.94. The number of rotatable bonds is 7. The number of benzene rings is 2. The summed E-state index contributed by atoms with van der Waals surface area (Å²) < 4.78 is 2.03. The van der Waals surface area contributed by atoms with Crippen molar-refractivity contribution in [2.45, 2.75) is 38.4 Å². The molecule has 168 valence electrons. The van der Waals surface area contributed by atoms with Gasteiger partial charge in [0, 0.05) is 18.5 Å². The third kappa shape index (κ3) is 4.07. The molecule has 1 aliphatic rings. The summed E-state index contributed by atoms with van der Waals surface area (Å²) in [5.74, 6) is -0.196. The predicted molar refractivity (Wildman–Crippen MR) is 132 cm³/mol. The minimum atomic E-state index is -0.967. The van der Waals surface area contributed by atoms with E-state index >= 15 is 0 Å². The number of carbonyl (C=O) groups excluding carboxylic acids is 2. The van der Waals surface area contributed by atoms with Gasteiger partial charge in [-0.25, -0.2) is 0 Å². The van der Waals surface area contributed by atoms with E-state index in [-0.39, 0.29) is 11.8 Å². The predicted octanol–water partition coefficient (Wildman–Crippen LogP) is 4.87. The van der Waals surface area contributed by atoms with Crippen LogP contribution in [0.2, 0.25) is 0 Å². The zero-order chi connectivity index (χ0) is 22.8. The van der Waals surface area contributed by atoms with Crippen molar-refractivity contribution < 1.29 is 9.59 Å². The molecule has 0 fully saturated rings. The number of nitrogens with one attached hydrogen (secondary N) is 1. The van der Waals surface area contributed by atoms with Crippen molar-refractivity contribution >= 4 is 33.4 Å². The second kappa shape index (κ2) is 8.87. The van der Waals surface area contributed by atoms with Crippen LogP contribution in [0.3, 0.4) is 0 Å². The van der Waals surface area contributed by atoms with Crippen LogP contribution in [-0.4, -0.2) is 33.4 Å². The molecule has 0 bridgehead atoms. The summed E-state index contributed by atoms with van der Waals surface area (Å²) >= 11 is 1.61. The molecule has 6 heteroatoms. The molecule has 0 radical (unpaired) electrons. The fourth-order valence-corrected chi connectivity index (χ4v) is 5.56. The van der Waals surface area contributed by atoms with Crippen molar-refractivity contribution in [2.75, 3.05) is 6.54 Å². The van der Waals surface area contributed by atoms with E-state index < -0.39 is 5.54 Å². The molecule has 1 aliphatic heterocycles. The molecule has 2 aromatic heterocycles. The van der Waals surface area contributed by atoms with E-state index in [0.29, 0.717) is 25.3 Å². The molecule has 0 aliphatic carbocycles. The third-order valence-corrected chi connectivity index (χ3v) is 7.45. The quantitative estimate of drug-likeness (QED) is 0.431. The number of aryl methyl sites for hydroxylation is 1. The van der Waals surface area contributed by atoms with Crippen LogP contribution >= 0.6 is 11.3 Å². The lowest BCUT2D eigenvalue weighted by Crippen LogP contribution is -2.64. The van der Waals surface area contributed by atoms with Crippen molar-refractivity contribution in [3.05, 3.63) is 95.0 Å². The van der Waals surface area contributed by atoms with Gasteiger partial charge >= 0.3 is 0 Å². The highest BCUT2D eigenvalue weighted by atomic mass is 32.1. The van der Waals surface area contributed by atoms with Crippen molar-refractivity contribution in [3.63, 3.8) is 0 Å². The minimum absolute atomic E-state index is 0.0740. The lowest BCUT2D eigenvalue weighted by molar-refractivity contribution is -0.133. The summed E-state index contributed by atoms with van der Waals surface area (Å²) in [6.45, 7) is 3.32. The van der Waals surface area contributed by atoms with Gasteiger partial charge in [-0.2, -0.15) is 0 Å². The van der Waals surface area contributed by atoms with Gasteiger partial charge in [-0.3, -0.25) is 9.59 Å². The molecule has 2 amide bonds. The van der Waals surface area contributed by atoms with E-state index in [1.165, 1.54) is 5.56 Å². The van der Waals surface area contributed by atoms with E-state index in [4.69, 9.17) is 0 Å². The van der Waals surface area contributed by atoms with Crippen LogP contribution in [-0.2, 0) is 24.3 Å². The van der Waals surface area contributed by atoms with Gasteiger partial charge in [-0.15, -0.1) is 11.3 Å². The molecule has 1 atom stereocenters. The fraction of sp³-hybridized carbons (Fsp3) is 0.259. The highest BCUT2D eigenvalue weighted by molar-refractivity contribution is 7.16. The van der Waals surface area contributed by atoms with Gasteiger partial charge in [0.25, 0.3) is 5.91 Å². The van der Waals surface area contributed by atoms with Crippen LogP contribution in [0.5, 0.6) is 0 Å². The smallest absolute Gasteiger partial charge is 0.271 e. The standard InChI is InChI=1S/C27H27N3O2S/c1-27(26(32)28-18-21-11-6-3-7-12-21)19-29-23(17-22-14-16-33-25(22)29)24(31)30(27)15-8-13-20-9-4-2-5-10-20/h2-7,9-12,14,16-17H,8,13,15,18-19H2,1H3,(H,28,32)/t27-/m1/s1. The molecule has 1 N–H and O–H groups in total. The van der Waals surface area contributed by atoms with E-state index in [0.717, 1.165) is 28.6 Å². The molecular weight excluding hydrogens is 430 g/mol. The van der Waals surface area contributed by atoms with Gasteiger partial charge in [-0.05, 0) is 48.4 Å². The minimum Gasteiger partial charge on any atom is -0.350 e. The highest BCUT2D eigenvalue weighted by Gasteiger charge is 2.47. The Hall–Kier alpha value is -3.38. The molecular formula is C27H27N3O2S. The number of hydrogen-bond acceptors (Lipinski definition) is 3. The van der Waals surface area contributed by atoms with Gasteiger partial charge in [-0.1, -0.05) is 60.7 Å². The average Bonchev–Trinajstić information content (AvgIpc) is 3.43. The number of fused-ring (bicyclic) bond motifs is 3. The Morgan fingerprint density at radius 3 is 2.45 bits per heavy atom. The zero-order valence-corrected chi connectivity index (χ0v) is 19.5. The molecule has 5 nitrogen and oxygen atoms in total. The van der Waals surface area contributed by atoms with Crippen molar-refractivity contribution in [2.24, 2.45) is 0 Å². The second-order valence-electron chi connectivity index (χ2n) is 8.78. The van der Waals surface area contributed by atoms with E-state index in [1.807, 2.05) is 77.5 Å². The van der Waals surface area contributed by atoms with Crippen LogP contribution in [0.15, 0.2) is 78.2 Å². The van der Waals surface area contributed by atoms with Crippen LogP contribution in [0.25, 0.3) is 10.2 Å². The summed E-state index contributed by atoms with van der Waals surface area (Å²) in [7, 11) is 0. The Morgan fingerprint density at radius 2 is 1.73 bits per heavy atom. The first kappa shape index (κ1) is 21.5. The van der Waals surface area contributed by atoms with Crippen molar-refractivity contribution in [3.8, 4) is 0 Å². The van der Waals surface area contributed by atoms with Gasteiger partial charge in [0.1, 0.15) is 16.1 Å². The molecule has 2 aromatic carbocycles. The Bertz CT molecular complexity index is 1280. The van der Waals surface area contributed by atoms with Crippen molar-refractivity contribution in [1.82, 2.24) is 14.8 Å². The lowest BCUT2D eigenvalue weighted by Gasteiger charge is -2.44. The van der Waals surface area contributed by atoms with Gasteiger partial charge < -0.3 is 14.8 Å². The summed E-state index contributed by atoms with van der Waals surface area (Å²) in [6.07, 6.45) is 1.66. The number of hydrogen-bond donors (Lipinski definition) is 1. The third-order valence-electron chi connectivity index (χ3n) is 6.50. The van der Waals surface area contributed by atoms with E-state index in [1.54, 1.807) is 16.2 Å². The number of aromatic nitrogens is 1. The van der Waals surface area contributed by atoms with Crippen LogP contribution in [0, 0.1) is 0 Å². The molecule has 0 spiro atoms. The van der Waals surface area contributed by atoms with E-state index in [2.05, 4.69) is 17.4 Å². The average molecular weight is 458 g/mol. The molecule has 0 saturated heterocycles. The Morgan fingerprint density at radius 1 is 1.03 bits per heavy atom. The van der Waals surface area contributed by atoms with Gasteiger partial charge in [0.15, 0.2) is 0 Å². The monoisotopic (exact) mass is 457 g/mol. The van der Waals surface area contributed by atoms with Gasteiger partial charge in [0.2, 0.25) is 5.91 Å². The maximum Gasteiger partial charge on any atom is 0.271 e. The molecule has 5 rings (SSSR count). The highest BCUT2D eigenvalue weighted by Crippen LogP contribution is 2.34. The Labute approximate surface area is 197 Å². The summed E-state index contributed by atoms with van der Waals surface area (Å²) in [5.41, 5.74) is 1.98. The first-order chi connectivity index (χ1) is 16.1. The summed E-state index contributed by atoms with van der Waals surface area (Å²) in [6, 6.07) is 24.1.